The van der Waals surface area contributed by atoms with E-state index in [2.05, 4.69) is 0 Å². The lowest BCUT2D eigenvalue weighted by molar-refractivity contribution is -0.0912. The summed E-state index contributed by atoms with van der Waals surface area (Å²) in [6, 6.07) is 18.0. The van der Waals surface area contributed by atoms with E-state index in [1.165, 1.54) is 7.11 Å². The van der Waals surface area contributed by atoms with Crippen LogP contribution in [0.15, 0.2) is 54.6 Å². The standard InChI is InChI=1S/C20H22N2O4/c1-24-19(23)21-13-12-20(26-14-15-8-4-3-5-9-15)16-10-6-7-11-17(16)22(25-2)18(20)21/h3-11,18H,12-14H2,1-2H3/t18-,20-/m1/s1. The topological polar surface area (TPSA) is 51.2 Å². The van der Waals surface area contributed by atoms with Gasteiger partial charge in [-0.1, -0.05) is 48.5 Å². The zero-order valence-corrected chi connectivity index (χ0v) is 14.9. The summed E-state index contributed by atoms with van der Waals surface area (Å²) < 4.78 is 11.5. The summed E-state index contributed by atoms with van der Waals surface area (Å²) >= 11 is 0. The Kier molecular flexibility index (Phi) is 4.30. The Labute approximate surface area is 152 Å². The van der Waals surface area contributed by atoms with E-state index in [0.29, 0.717) is 19.6 Å². The van der Waals surface area contributed by atoms with Gasteiger partial charge in [0.15, 0.2) is 6.17 Å². The number of hydroxylamine groups is 1. The summed E-state index contributed by atoms with van der Waals surface area (Å²) in [5.74, 6) is 0. The van der Waals surface area contributed by atoms with Gasteiger partial charge in [-0.3, -0.25) is 9.74 Å². The molecule has 0 spiro atoms. The predicted molar refractivity (Wildman–Crippen MR) is 96.4 cm³/mol. The number of ether oxygens (including phenoxy) is 2. The van der Waals surface area contributed by atoms with Gasteiger partial charge in [-0.25, -0.2) is 9.86 Å². The maximum atomic E-state index is 12.4. The van der Waals surface area contributed by atoms with Crippen LogP contribution < -0.4 is 5.06 Å². The van der Waals surface area contributed by atoms with E-state index in [-0.39, 0.29) is 6.09 Å². The number of benzene rings is 2. The van der Waals surface area contributed by atoms with Crippen molar-refractivity contribution in [1.82, 2.24) is 4.90 Å². The number of rotatable bonds is 4. The molecule has 2 heterocycles. The highest BCUT2D eigenvalue weighted by atomic mass is 16.7. The Hall–Kier alpha value is -2.57. The molecule has 6 nitrogen and oxygen atoms in total. The summed E-state index contributed by atoms with van der Waals surface area (Å²) in [5.41, 5.74) is 2.39. The second-order valence-electron chi connectivity index (χ2n) is 6.48. The molecule has 0 radical (unpaired) electrons. The second kappa shape index (κ2) is 6.63. The quantitative estimate of drug-likeness (QED) is 0.843. The van der Waals surface area contributed by atoms with Gasteiger partial charge in [-0.05, 0) is 11.6 Å². The molecular weight excluding hydrogens is 332 g/mol. The Morgan fingerprint density at radius 1 is 1.12 bits per heavy atom. The molecule has 2 aliphatic heterocycles. The Morgan fingerprint density at radius 2 is 1.85 bits per heavy atom. The van der Waals surface area contributed by atoms with E-state index in [9.17, 15) is 4.79 Å². The Bertz CT molecular complexity index is 797. The smallest absolute Gasteiger partial charge is 0.411 e. The van der Waals surface area contributed by atoms with Crippen molar-refractivity contribution in [2.45, 2.75) is 24.8 Å². The average Bonchev–Trinajstić information content (AvgIpc) is 3.20. The number of para-hydroxylation sites is 1. The van der Waals surface area contributed by atoms with E-state index >= 15 is 0 Å². The molecule has 136 valence electrons. The van der Waals surface area contributed by atoms with Gasteiger partial charge in [0.2, 0.25) is 0 Å². The summed E-state index contributed by atoms with van der Waals surface area (Å²) in [6.07, 6.45) is -0.104. The zero-order chi connectivity index (χ0) is 18.1. The molecule has 1 saturated heterocycles. The van der Waals surface area contributed by atoms with Crippen LogP contribution in [0, 0.1) is 0 Å². The molecule has 0 N–H and O–H groups in total. The van der Waals surface area contributed by atoms with Crippen molar-refractivity contribution in [2.75, 3.05) is 25.8 Å². The minimum atomic E-state index is -0.656. The molecule has 4 rings (SSSR count). The van der Waals surface area contributed by atoms with E-state index in [1.807, 2.05) is 54.6 Å². The molecule has 0 bridgehead atoms. The lowest BCUT2D eigenvalue weighted by atomic mass is 9.92. The zero-order valence-electron chi connectivity index (χ0n) is 14.9. The van der Waals surface area contributed by atoms with Crippen LogP contribution in [0.4, 0.5) is 10.5 Å². The van der Waals surface area contributed by atoms with Gasteiger partial charge in [0.05, 0.1) is 26.5 Å². The highest BCUT2D eigenvalue weighted by Crippen LogP contribution is 2.53. The van der Waals surface area contributed by atoms with E-state index in [0.717, 1.165) is 16.8 Å². The molecule has 2 aromatic carbocycles. The average molecular weight is 354 g/mol. The van der Waals surface area contributed by atoms with Crippen molar-refractivity contribution >= 4 is 11.8 Å². The molecule has 6 heteroatoms. The summed E-state index contributed by atoms with van der Waals surface area (Å²) in [6.45, 7) is 0.999. The minimum absolute atomic E-state index is 0.380. The van der Waals surface area contributed by atoms with E-state index in [1.54, 1.807) is 17.1 Å². The number of carbonyl (C=O) groups excluding carboxylic acids is 1. The van der Waals surface area contributed by atoms with Crippen LogP contribution in [-0.2, 0) is 26.5 Å². The third-order valence-electron chi connectivity index (χ3n) is 5.20. The highest BCUT2D eigenvalue weighted by Gasteiger charge is 2.60. The van der Waals surface area contributed by atoms with Crippen molar-refractivity contribution in [1.29, 1.82) is 0 Å². The summed E-state index contributed by atoms with van der Waals surface area (Å²) in [5, 5.41) is 1.75. The minimum Gasteiger partial charge on any atom is -0.453 e. The molecule has 0 unspecified atom stereocenters. The summed E-state index contributed by atoms with van der Waals surface area (Å²) in [4.78, 5) is 19.7. The number of nitrogens with zero attached hydrogens (tertiary/aromatic N) is 2. The molecule has 1 fully saturated rings. The second-order valence-corrected chi connectivity index (χ2v) is 6.48. The Balaban J connectivity index is 1.74. The monoisotopic (exact) mass is 354 g/mol. The largest absolute Gasteiger partial charge is 0.453 e. The molecular formula is C20H22N2O4. The maximum Gasteiger partial charge on any atom is 0.411 e. The van der Waals surface area contributed by atoms with Gasteiger partial charge in [0.1, 0.15) is 5.60 Å². The fourth-order valence-corrected chi connectivity index (χ4v) is 4.05. The molecule has 0 aliphatic carbocycles. The molecule has 0 saturated carbocycles. The lowest BCUT2D eigenvalue weighted by Crippen LogP contribution is -2.52. The summed E-state index contributed by atoms with van der Waals surface area (Å²) in [7, 11) is 3.00. The van der Waals surface area contributed by atoms with Crippen molar-refractivity contribution in [3.8, 4) is 0 Å². The van der Waals surface area contributed by atoms with Crippen molar-refractivity contribution in [3.63, 3.8) is 0 Å². The third-order valence-corrected chi connectivity index (χ3v) is 5.20. The molecule has 2 atom stereocenters. The SMILES string of the molecule is COC(=O)N1CC[C@@]2(OCc3ccccc3)c3ccccc3N(OC)[C@@H]12. The number of likely N-dealkylation sites (tertiary alicyclic amines) is 1. The predicted octanol–water partition coefficient (Wildman–Crippen LogP) is 3.28. The number of carbonyl (C=O) groups is 1. The number of fused-ring (bicyclic) bond motifs is 3. The number of hydrogen-bond acceptors (Lipinski definition) is 5. The number of hydrogen-bond donors (Lipinski definition) is 0. The lowest BCUT2D eigenvalue weighted by Gasteiger charge is -2.35. The van der Waals surface area contributed by atoms with Crippen molar-refractivity contribution in [3.05, 3.63) is 65.7 Å². The first-order valence-corrected chi connectivity index (χ1v) is 8.66. The molecule has 2 aliphatic rings. The van der Waals surface area contributed by atoms with Gasteiger partial charge in [0.25, 0.3) is 0 Å². The molecule has 1 amide bonds. The van der Waals surface area contributed by atoms with E-state index in [4.69, 9.17) is 14.3 Å². The van der Waals surface area contributed by atoms with Crippen molar-refractivity contribution < 1.29 is 19.1 Å². The first kappa shape index (κ1) is 16.9. The first-order chi connectivity index (χ1) is 12.7. The fourth-order valence-electron chi connectivity index (χ4n) is 4.05. The molecule has 2 aromatic rings. The first-order valence-electron chi connectivity index (χ1n) is 8.66. The van der Waals surface area contributed by atoms with Gasteiger partial charge in [-0.2, -0.15) is 0 Å². The molecule has 0 aromatic heterocycles. The van der Waals surface area contributed by atoms with Crippen LogP contribution in [0.2, 0.25) is 0 Å². The highest BCUT2D eigenvalue weighted by molar-refractivity contribution is 5.72. The fraction of sp³-hybridized carbons (Fsp3) is 0.350. The van der Waals surface area contributed by atoms with E-state index < -0.39 is 11.8 Å². The maximum absolute atomic E-state index is 12.4. The van der Waals surface area contributed by atoms with Crippen LogP contribution in [0.1, 0.15) is 17.5 Å². The van der Waals surface area contributed by atoms with Crippen LogP contribution in [-0.4, -0.2) is 37.9 Å². The van der Waals surface area contributed by atoms with Gasteiger partial charge < -0.3 is 9.47 Å². The van der Waals surface area contributed by atoms with Crippen molar-refractivity contribution in [2.24, 2.45) is 0 Å². The van der Waals surface area contributed by atoms with Crippen LogP contribution >= 0.6 is 0 Å². The van der Waals surface area contributed by atoms with Gasteiger partial charge in [0, 0.05) is 18.5 Å². The van der Waals surface area contributed by atoms with Crippen LogP contribution in [0.25, 0.3) is 0 Å². The third kappa shape index (κ3) is 2.45. The molecule has 26 heavy (non-hydrogen) atoms. The van der Waals surface area contributed by atoms with Gasteiger partial charge >= 0.3 is 6.09 Å². The van der Waals surface area contributed by atoms with Crippen LogP contribution in [0.3, 0.4) is 0 Å². The number of anilines is 1. The Morgan fingerprint density at radius 3 is 2.58 bits per heavy atom. The van der Waals surface area contributed by atoms with Crippen LogP contribution in [0.5, 0.6) is 0 Å². The number of amides is 1. The van der Waals surface area contributed by atoms with Gasteiger partial charge in [-0.15, -0.1) is 0 Å². The normalized spacial score (nSPS) is 23.7. The number of methoxy groups -OCH3 is 1.